The van der Waals surface area contributed by atoms with E-state index in [0.29, 0.717) is 17.8 Å². The number of nitrogen functional groups attached to an aromatic ring is 1. The molecule has 4 nitrogen and oxygen atoms in total. The zero-order chi connectivity index (χ0) is 11.5. The SMILES string of the molecule is CC(C)c1nc(N)nc(C2CCCCC2)n1. The molecule has 0 bridgehead atoms. The van der Waals surface area contributed by atoms with Crippen LogP contribution in [-0.4, -0.2) is 15.0 Å². The molecule has 1 fully saturated rings. The molecule has 0 aromatic carbocycles. The van der Waals surface area contributed by atoms with Crippen LogP contribution in [0.15, 0.2) is 0 Å². The first-order valence-electron chi connectivity index (χ1n) is 6.18. The lowest BCUT2D eigenvalue weighted by Crippen LogP contribution is -2.14. The summed E-state index contributed by atoms with van der Waals surface area (Å²) in [7, 11) is 0. The van der Waals surface area contributed by atoms with Crippen molar-refractivity contribution in [3.8, 4) is 0 Å². The van der Waals surface area contributed by atoms with Crippen molar-refractivity contribution in [1.29, 1.82) is 0 Å². The molecule has 1 aromatic rings. The van der Waals surface area contributed by atoms with Crippen molar-refractivity contribution in [2.24, 2.45) is 0 Å². The van der Waals surface area contributed by atoms with Crippen molar-refractivity contribution in [2.75, 3.05) is 5.73 Å². The monoisotopic (exact) mass is 220 g/mol. The lowest BCUT2D eigenvalue weighted by molar-refractivity contribution is 0.426. The Hall–Kier alpha value is -1.19. The second-order valence-corrected chi connectivity index (χ2v) is 4.90. The summed E-state index contributed by atoms with van der Waals surface area (Å²) in [5.41, 5.74) is 5.74. The fourth-order valence-corrected chi connectivity index (χ4v) is 2.23. The Morgan fingerprint density at radius 1 is 1.06 bits per heavy atom. The minimum Gasteiger partial charge on any atom is -0.368 e. The molecule has 1 aliphatic rings. The molecule has 2 N–H and O–H groups in total. The summed E-state index contributed by atoms with van der Waals surface area (Å²) in [5.74, 6) is 2.92. The second kappa shape index (κ2) is 4.76. The van der Waals surface area contributed by atoms with E-state index in [-0.39, 0.29) is 0 Å². The minimum absolute atomic E-state index is 0.313. The first kappa shape index (κ1) is 11.3. The van der Waals surface area contributed by atoms with Gasteiger partial charge in [-0.1, -0.05) is 33.1 Å². The lowest BCUT2D eigenvalue weighted by Gasteiger charge is -2.20. The van der Waals surface area contributed by atoms with Crippen molar-refractivity contribution < 1.29 is 0 Å². The number of aromatic nitrogens is 3. The van der Waals surface area contributed by atoms with Gasteiger partial charge in [-0.3, -0.25) is 0 Å². The van der Waals surface area contributed by atoms with Crippen molar-refractivity contribution in [1.82, 2.24) is 15.0 Å². The molecule has 16 heavy (non-hydrogen) atoms. The van der Waals surface area contributed by atoms with Gasteiger partial charge in [0.2, 0.25) is 5.95 Å². The van der Waals surface area contributed by atoms with Gasteiger partial charge in [-0.2, -0.15) is 9.97 Å². The van der Waals surface area contributed by atoms with E-state index in [1.54, 1.807) is 0 Å². The fraction of sp³-hybridized carbons (Fsp3) is 0.750. The van der Waals surface area contributed by atoms with E-state index >= 15 is 0 Å². The largest absolute Gasteiger partial charge is 0.368 e. The average Bonchev–Trinajstić information content (AvgIpc) is 2.29. The van der Waals surface area contributed by atoms with Crippen molar-refractivity contribution in [3.05, 3.63) is 11.6 Å². The summed E-state index contributed by atoms with van der Waals surface area (Å²) in [6.45, 7) is 4.17. The molecule has 0 radical (unpaired) electrons. The summed E-state index contributed by atoms with van der Waals surface area (Å²) in [6.07, 6.45) is 6.30. The zero-order valence-electron chi connectivity index (χ0n) is 10.1. The van der Waals surface area contributed by atoms with Gasteiger partial charge in [0, 0.05) is 11.8 Å². The van der Waals surface area contributed by atoms with E-state index in [0.717, 1.165) is 11.6 Å². The number of hydrogen-bond acceptors (Lipinski definition) is 4. The standard InChI is InChI=1S/C12H20N4/c1-8(2)10-14-11(16-12(13)15-10)9-6-4-3-5-7-9/h8-9H,3-7H2,1-2H3,(H2,13,14,15,16). The van der Waals surface area contributed by atoms with E-state index in [1.807, 2.05) is 0 Å². The topological polar surface area (TPSA) is 64.7 Å². The minimum atomic E-state index is 0.313. The van der Waals surface area contributed by atoms with Crippen LogP contribution in [0.1, 0.15) is 69.4 Å². The molecule has 0 saturated heterocycles. The number of anilines is 1. The van der Waals surface area contributed by atoms with Gasteiger partial charge in [-0.25, -0.2) is 4.98 Å². The Bertz CT molecular complexity index is 356. The van der Waals surface area contributed by atoms with Crippen LogP contribution in [0.25, 0.3) is 0 Å². The van der Waals surface area contributed by atoms with Crippen molar-refractivity contribution in [2.45, 2.75) is 57.8 Å². The zero-order valence-corrected chi connectivity index (χ0v) is 10.1. The van der Waals surface area contributed by atoms with Crippen LogP contribution in [0.3, 0.4) is 0 Å². The summed E-state index contributed by atoms with van der Waals surface area (Å²) in [5, 5.41) is 0. The van der Waals surface area contributed by atoms with Gasteiger partial charge in [0.05, 0.1) is 0 Å². The van der Waals surface area contributed by atoms with Gasteiger partial charge in [0.1, 0.15) is 11.6 Å². The summed E-state index contributed by atoms with van der Waals surface area (Å²) >= 11 is 0. The van der Waals surface area contributed by atoms with Crippen LogP contribution < -0.4 is 5.73 Å². The third kappa shape index (κ3) is 2.49. The van der Waals surface area contributed by atoms with E-state index in [9.17, 15) is 0 Å². The smallest absolute Gasteiger partial charge is 0.223 e. The predicted molar refractivity (Wildman–Crippen MR) is 64.2 cm³/mol. The molecule has 2 rings (SSSR count). The van der Waals surface area contributed by atoms with E-state index in [1.165, 1.54) is 32.1 Å². The molecule has 0 spiro atoms. The molecule has 0 unspecified atom stereocenters. The van der Waals surface area contributed by atoms with Gasteiger partial charge < -0.3 is 5.73 Å². The Kier molecular flexibility index (Phi) is 3.36. The fourth-order valence-electron chi connectivity index (χ4n) is 2.23. The third-order valence-corrected chi connectivity index (χ3v) is 3.17. The molecule has 1 saturated carbocycles. The number of nitrogens with two attached hydrogens (primary N) is 1. The molecule has 88 valence electrons. The maximum atomic E-state index is 5.74. The van der Waals surface area contributed by atoms with Gasteiger partial charge >= 0.3 is 0 Å². The highest BCUT2D eigenvalue weighted by Crippen LogP contribution is 2.31. The highest BCUT2D eigenvalue weighted by atomic mass is 15.1. The quantitative estimate of drug-likeness (QED) is 0.832. The van der Waals surface area contributed by atoms with E-state index < -0.39 is 0 Å². The summed E-state index contributed by atoms with van der Waals surface area (Å²) < 4.78 is 0. The van der Waals surface area contributed by atoms with E-state index in [4.69, 9.17) is 5.73 Å². The summed E-state index contributed by atoms with van der Waals surface area (Å²) in [4.78, 5) is 13.0. The van der Waals surface area contributed by atoms with Crippen LogP contribution in [-0.2, 0) is 0 Å². The maximum absolute atomic E-state index is 5.74. The van der Waals surface area contributed by atoms with Gasteiger partial charge in [0.15, 0.2) is 0 Å². The third-order valence-electron chi connectivity index (χ3n) is 3.17. The molecule has 1 aromatic heterocycles. The molecule has 0 amide bonds. The van der Waals surface area contributed by atoms with Crippen LogP contribution >= 0.6 is 0 Å². The predicted octanol–water partition coefficient (Wildman–Crippen LogP) is 2.62. The van der Waals surface area contributed by atoms with Gasteiger partial charge in [0.25, 0.3) is 0 Å². The van der Waals surface area contributed by atoms with E-state index in [2.05, 4.69) is 28.8 Å². The van der Waals surface area contributed by atoms with Crippen LogP contribution in [0.4, 0.5) is 5.95 Å². The molecular weight excluding hydrogens is 200 g/mol. The lowest BCUT2D eigenvalue weighted by atomic mass is 9.89. The average molecular weight is 220 g/mol. The number of hydrogen-bond donors (Lipinski definition) is 1. The molecular formula is C12H20N4. The highest BCUT2D eigenvalue weighted by Gasteiger charge is 2.20. The van der Waals surface area contributed by atoms with Crippen LogP contribution in [0.5, 0.6) is 0 Å². The first-order chi connectivity index (χ1) is 7.66. The molecule has 1 aliphatic carbocycles. The molecule has 4 heteroatoms. The molecule has 0 aliphatic heterocycles. The molecule has 1 heterocycles. The van der Waals surface area contributed by atoms with Crippen LogP contribution in [0, 0.1) is 0 Å². The van der Waals surface area contributed by atoms with Crippen molar-refractivity contribution >= 4 is 5.95 Å². The first-order valence-corrected chi connectivity index (χ1v) is 6.18. The Morgan fingerprint density at radius 3 is 2.38 bits per heavy atom. The summed E-state index contributed by atoms with van der Waals surface area (Å²) in [6, 6.07) is 0. The number of nitrogens with zero attached hydrogens (tertiary/aromatic N) is 3. The number of rotatable bonds is 2. The Labute approximate surface area is 96.7 Å². The maximum Gasteiger partial charge on any atom is 0.223 e. The van der Waals surface area contributed by atoms with Crippen LogP contribution in [0.2, 0.25) is 0 Å². The van der Waals surface area contributed by atoms with Crippen molar-refractivity contribution in [3.63, 3.8) is 0 Å². The van der Waals surface area contributed by atoms with Gasteiger partial charge in [-0.05, 0) is 12.8 Å². The second-order valence-electron chi connectivity index (χ2n) is 4.90. The molecule has 0 atom stereocenters. The Balaban J connectivity index is 2.25. The Morgan fingerprint density at radius 2 is 1.75 bits per heavy atom. The normalized spacial score (nSPS) is 17.9. The highest BCUT2D eigenvalue weighted by molar-refractivity contribution is 5.18. The van der Waals surface area contributed by atoms with Gasteiger partial charge in [-0.15, -0.1) is 0 Å².